The van der Waals surface area contributed by atoms with Crippen LogP contribution in [0.5, 0.6) is 0 Å². The van der Waals surface area contributed by atoms with E-state index in [4.69, 9.17) is 11.6 Å². The Bertz CT molecular complexity index is 432. The van der Waals surface area contributed by atoms with E-state index in [9.17, 15) is 4.39 Å². The first-order valence-corrected chi connectivity index (χ1v) is 7.37. The average molecular weight is 285 g/mol. The van der Waals surface area contributed by atoms with E-state index in [1.165, 1.54) is 12.1 Å². The first kappa shape index (κ1) is 14.8. The molecule has 1 aromatic rings. The zero-order valence-electron chi connectivity index (χ0n) is 11.7. The Morgan fingerprint density at radius 1 is 1.37 bits per heavy atom. The van der Waals surface area contributed by atoms with Crippen molar-refractivity contribution < 1.29 is 4.39 Å². The highest BCUT2D eigenvalue weighted by molar-refractivity contribution is 6.31. The second-order valence-corrected chi connectivity index (χ2v) is 5.77. The molecule has 19 heavy (non-hydrogen) atoms. The summed E-state index contributed by atoms with van der Waals surface area (Å²) in [6, 6.07) is 4.67. The lowest BCUT2D eigenvalue weighted by Gasteiger charge is -2.43. The Morgan fingerprint density at radius 3 is 2.74 bits per heavy atom. The van der Waals surface area contributed by atoms with Gasteiger partial charge >= 0.3 is 0 Å². The molecule has 106 valence electrons. The summed E-state index contributed by atoms with van der Waals surface area (Å²) in [5, 5.41) is 4.16. The molecule has 1 aliphatic heterocycles. The first-order chi connectivity index (χ1) is 9.08. The van der Waals surface area contributed by atoms with Crippen molar-refractivity contribution in [2.45, 2.75) is 38.8 Å². The summed E-state index contributed by atoms with van der Waals surface area (Å²) < 4.78 is 13.1. The standard InChI is InChI=1S/C15H22ClFN2/c1-3-15(4-2)11-19(8-7-18-15)10-12-5-6-13(17)9-14(12)16/h5-6,9,18H,3-4,7-8,10-11H2,1-2H3. The average Bonchev–Trinajstić information content (AvgIpc) is 2.42. The Labute approximate surface area is 119 Å². The Hall–Kier alpha value is -0.640. The van der Waals surface area contributed by atoms with E-state index in [1.807, 2.05) is 0 Å². The molecule has 2 nitrogen and oxygen atoms in total. The summed E-state index contributed by atoms with van der Waals surface area (Å²) in [5.41, 5.74) is 1.22. The van der Waals surface area contributed by atoms with Crippen molar-refractivity contribution in [3.8, 4) is 0 Å². The number of hydrogen-bond acceptors (Lipinski definition) is 2. The van der Waals surface area contributed by atoms with Crippen LogP contribution in [0.25, 0.3) is 0 Å². The molecule has 1 N–H and O–H groups in total. The molecule has 1 heterocycles. The first-order valence-electron chi connectivity index (χ1n) is 7.00. The summed E-state index contributed by atoms with van der Waals surface area (Å²) >= 11 is 6.11. The highest BCUT2D eigenvalue weighted by Gasteiger charge is 2.31. The molecule has 2 rings (SSSR count). The predicted molar refractivity (Wildman–Crippen MR) is 78.0 cm³/mol. The van der Waals surface area contributed by atoms with Gasteiger partial charge in [0.2, 0.25) is 0 Å². The maximum absolute atomic E-state index is 13.1. The van der Waals surface area contributed by atoms with E-state index < -0.39 is 0 Å². The molecule has 0 unspecified atom stereocenters. The predicted octanol–water partition coefficient (Wildman–Crippen LogP) is 3.44. The minimum Gasteiger partial charge on any atom is -0.309 e. The second kappa shape index (κ2) is 6.21. The second-order valence-electron chi connectivity index (χ2n) is 5.36. The van der Waals surface area contributed by atoms with Crippen LogP contribution in [0.15, 0.2) is 18.2 Å². The van der Waals surface area contributed by atoms with Gasteiger partial charge in [-0.3, -0.25) is 4.90 Å². The summed E-state index contributed by atoms with van der Waals surface area (Å²) in [6.45, 7) is 8.28. The summed E-state index contributed by atoms with van der Waals surface area (Å²) in [5.74, 6) is -0.273. The van der Waals surface area contributed by atoms with Crippen LogP contribution < -0.4 is 5.32 Å². The Kier molecular flexibility index (Phi) is 4.82. The SMILES string of the molecule is CCC1(CC)CN(Cc2ccc(F)cc2Cl)CCN1. The van der Waals surface area contributed by atoms with E-state index in [0.29, 0.717) is 5.02 Å². The zero-order chi connectivity index (χ0) is 13.9. The van der Waals surface area contributed by atoms with Crippen LogP contribution >= 0.6 is 11.6 Å². The van der Waals surface area contributed by atoms with E-state index >= 15 is 0 Å². The lowest BCUT2D eigenvalue weighted by molar-refractivity contribution is 0.118. The largest absolute Gasteiger partial charge is 0.309 e. The number of nitrogens with one attached hydrogen (secondary N) is 1. The van der Waals surface area contributed by atoms with Gasteiger partial charge in [-0.15, -0.1) is 0 Å². The van der Waals surface area contributed by atoms with Gasteiger partial charge in [0.05, 0.1) is 0 Å². The molecule has 0 atom stereocenters. The quantitative estimate of drug-likeness (QED) is 0.911. The maximum Gasteiger partial charge on any atom is 0.124 e. The Balaban J connectivity index is 2.06. The van der Waals surface area contributed by atoms with Crippen LogP contribution in [-0.2, 0) is 6.54 Å². The maximum atomic E-state index is 13.1. The van der Waals surface area contributed by atoms with E-state index in [2.05, 4.69) is 24.1 Å². The summed E-state index contributed by atoms with van der Waals surface area (Å²) in [6.07, 6.45) is 2.24. The number of benzene rings is 1. The zero-order valence-corrected chi connectivity index (χ0v) is 12.4. The van der Waals surface area contributed by atoms with Gasteiger partial charge < -0.3 is 5.32 Å². The topological polar surface area (TPSA) is 15.3 Å². The van der Waals surface area contributed by atoms with Crippen LogP contribution in [0.1, 0.15) is 32.3 Å². The van der Waals surface area contributed by atoms with E-state index in [0.717, 1.165) is 44.6 Å². The fourth-order valence-corrected chi connectivity index (χ4v) is 3.02. The highest BCUT2D eigenvalue weighted by Crippen LogP contribution is 2.24. The van der Waals surface area contributed by atoms with Gasteiger partial charge in [-0.1, -0.05) is 31.5 Å². The molecule has 1 aliphatic rings. The van der Waals surface area contributed by atoms with Crippen molar-refractivity contribution in [1.82, 2.24) is 10.2 Å². The molecular weight excluding hydrogens is 263 g/mol. The van der Waals surface area contributed by atoms with Crippen molar-refractivity contribution in [3.63, 3.8) is 0 Å². The molecule has 1 aromatic carbocycles. The van der Waals surface area contributed by atoms with Gasteiger partial charge in [0.1, 0.15) is 5.82 Å². The third-order valence-corrected chi connectivity index (χ3v) is 4.57. The van der Waals surface area contributed by atoms with E-state index in [-0.39, 0.29) is 11.4 Å². The lowest BCUT2D eigenvalue weighted by atomic mass is 9.90. The molecule has 0 amide bonds. The molecular formula is C15H22ClFN2. The van der Waals surface area contributed by atoms with Gasteiger partial charge in [-0.2, -0.15) is 0 Å². The molecule has 1 saturated heterocycles. The van der Waals surface area contributed by atoms with Crippen LogP contribution in [-0.4, -0.2) is 30.1 Å². The molecule has 0 aromatic heterocycles. The fourth-order valence-electron chi connectivity index (χ4n) is 2.79. The lowest BCUT2D eigenvalue weighted by Crippen LogP contribution is -2.59. The summed E-state index contributed by atoms with van der Waals surface area (Å²) in [7, 11) is 0. The van der Waals surface area contributed by atoms with Crippen LogP contribution in [0.3, 0.4) is 0 Å². The van der Waals surface area contributed by atoms with Crippen molar-refractivity contribution in [2.24, 2.45) is 0 Å². The minimum atomic E-state index is -0.273. The number of halogens is 2. The summed E-state index contributed by atoms with van der Waals surface area (Å²) in [4.78, 5) is 2.41. The van der Waals surface area contributed by atoms with Crippen molar-refractivity contribution in [2.75, 3.05) is 19.6 Å². The minimum absolute atomic E-state index is 0.213. The fraction of sp³-hybridized carbons (Fsp3) is 0.600. The van der Waals surface area contributed by atoms with Crippen LogP contribution in [0.2, 0.25) is 5.02 Å². The van der Waals surface area contributed by atoms with Gasteiger partial charge in [-0.25, -0.2) is 4.39 Å². The number of hydrogen-bond donors (Lipinski definition) is 1. The monoisotopic (exact) mass is 284 g/mol. The number of rotatable bonds is 4. The molecule has 0 spiro atoms. The molecule has 0 aliphatic carbocycles. The third-order valence-electron chi connectivity index (χ3n) is 4.22. The molecule has 4 heteroatoms. The van der Waals surface area contributed by atoms with Crippen LogP contribution in [0.4, 0.5) is 4.39 Å². The van der Waals surface area contributed by atoms with Gasteiger partial charge in [0.25, 0.3) is 0 Å². The molecule has 1 fully saturated rings. The highest BCUT2D eigenvalue weighted by atomic mass is 35.5. The molecule has 0 saturated carbocycles. The van der Waals surface area contributed by atoms with Gasteiger partial charge in [0.15, 0.2) is 0 Å². The van der Waals surface area contributed by atoms with E-state index in [1.54, 1.807) is 6.07 Å². The third kappa shape index (κ3) is 3.47. The molecule has 0 radical (unpaired) electrons. The van der Waals surface area contributed by atoms with Gasteiger partial charge in [0, 0.05) is 36.7 Å². The van der Waals surface area contributed by atoms with Crippen molar-refractivity contribution >= 4 is 11.6 Å². The van der Waals surface area contributed by atoms with Crippen molar-refractivity contribution in [3.05, 3.63) is 34.6 Å². The Morgan fingerprint density at radius 2 is 2.11 bits per heavy atom. The van der Waals surface area contributed by atoms with Gasteiger partial charge in [-0.05, 0) is 30.5 Å². The number of nitrogens with zero attached hydrogens (tertiary/aromatic N) is 1. The normalized spacial score (nSPS) is 19.6. The molecule has 0 bridgehead atoms. The smallest absolute Gasteiger partial charge is 0.124 e. The van der Waals surface area contributed by atoms with Crippen LogP contribution in [0, 0.1) is 5.82 Å². The number of piperazine rings is 1. The van der Waals surface area contributed by atoms with Crippen molar-refractivity contribution in [1.29, 1.82) is 0 Å².